The van der Waals surface area contributed by atoms with Gasteiger partial charge < -0.3 is 10.5 Å². The number of pyridine rings is 1. The average Bonchev–Trinajstić information content (AvgIpc) is 2.66. The van der Waals surface area contributed by atoms with Gasteiger partial charge in [-0.25, -0.2) is 4.98 Å². The Kier molecular flexibility index (Phi) is 3.22. The van der Waals surface area contributed by atoms with Crippen LogP contribution < -0.4 is 10.5 Å². The lowest BCUT2D eigenvalue weighted by atomic mass is 9.85. The van der Waals surface area contributed by atoms with Gasteiger partial charge in [0.05, 0.1) is 6.61 Å². The number of hydrogen-bond acceptors (Lipinski definition) is 4. The van der Waals surface area contributed by atoms with Gasteiger partial charge in [-0.3, -0.25) is 4.79 Å². The lowest BCUT2D eigenvalue weighted by Gasteiger charge is -2.20. The highest BCUT2D eigenvalue weighted by molar-refractivity contribution is 6.31. The number of ether oxygens (including phenoxy) is 1. The highest BCUT2D eigenvalue weighted by Gasteiger charge is 2.43. The third-order valence-electron chi connectivity index (χ3n) is 3.06. The summed E-state index contributed by atoms with van der Waals surface area (Å²) in [5.41, 5.74) is 4.55. The van der Waals surface area contributed by atoms with Crippen LogP contribution in [0, 0.1) is 0 Å². The van der Waals surface area contributed by atoms with Gasteiger partial charge in [-0.05, 0) is 6.07 Å². The predicted octanol–water partition coefficient (Wildman–Crippen LogP) is 2.09. The fourth-order valence-corrected chi connectivity index (χ4v) is 2.07. The van der Waals surface area contributed by atoms with Gasteiger partial charge >= 0.3 is 6.18 Å². The molecule has 0 aliphatic carbocycles. The molecule has 1 aromatic heterocycles. The molecule has 1 aliphatic heterocycles. The molecule has 0 saturated heterocycles. The van der Waals surface area contributed by atoms with E-state index >= 15 is 0 Å². The fraction of sp³-hybridized carbons (Fsp3) is 0.455. The van der Waals surface area contributed by atoms with Gasteiger partial charge in [-0.2, -0.15) is 13.2 Å². The van der Waals surface area contributed by atoms with Crippen molar-refractivity contribution in [2.75, 3.05) is 13.2 Å². The molecule has 2 N–H and O–H groups in total. The molecule has 0 amide bonds. The van der Waals surface area contributed by atoms with Crippen molar-refractivity contribution in [3.63, 3.8) is 0 Å². The SMILES string of the molecule is CC1(CN)COc2c1cc(C(=O)C(F)(F)F)nc2Cl. The molecule has 0 fully saturated rings. The summed E-state index contributed by atoms with van der Waals surface area (Å²) in [6.07, 6.45) is -5.00. The van der Waals surface area contributed by atoms with Crippen molar-refractivity contribution < 1.29 is 22.7 Å². The van der Waals surface area contributed by atoms with Gasteiger partial charge in [-0.15, -0.1) is 0 Å². The molecular formula is C11H10ClF3N2O2. The van der Waals surface area contributed by atoms with E-state index in [1.165, 1.54) is 0 Å². The molecule has 0 radical (unpaired) electrons. The Morgan fingerprint density at radius 1 is 1.63 bits per heavy atom. The van der Waals surface area contributed by atoms with Crippen LogP contribution in [-0.4, -0.2) is 30.1 Å². The third-order valence-corrected chi connectivity index (χ3v) is 3.31. The smallest absolute Gasteiger partial charge is 0.456 e. The van der Waals surface area contributed by atoms with E-state index in [2.05, 4.69) is 4.98 Å². The number of nitrogens with two attached hydrogens (primary N) is 1. The van der Waals surface area contributed by atoms with E-state index < -0.39 is 23.1 Å². The second kappa shape index (κ2) is 4.35. The zero-order valence-electron chi connectivity index (χ0n) is 9.84. The number of rotatable bonds is 2. The average molecular weight is 295 g/mol. The first-order valence-electron chi connectivity index (χ1n) is 5.34. The zero-order valence-corrected chi connectivity index (χ0v) is 10.6. The second-order valence-corrected chi connectivity index (χ2v) is 4.91. The van der Waals surface area contributed by atoms with Gasteiger partial charge in [0.25, 0.3) is 5.78 Å². The number of Topliss-reactive ketones (excluding diaryl/α,β-unsaturated/α-hetero) is 1. The minimum Gasteiger partial charge on any atom is -0.489 e. The molecule has 2 heterocycles. The van der Waals surface area contributed by atoms with Crippen molar-refractivity contribution in [1.29, 1.82) is 0 Å². The van der Waals surface area contributed by atoms with E-state index in [-0.39, 0.29) is 24.1 Å². The molecule has 0 aromatic carbocycles. The maximum atomic E-state index is 12.4. The molecular weight excluding hydrogens is 285 g/mol. The Morgan fingerprint density at radius 3 is 2.79 bits per heavy atom. The Hall–Kier alpha value is -1.34. The van der Waals surface area contributed by atoms with E-state index in [4.69, 9.17) is 22.1 Å². The van der Waals surface area contributed by atoms with Crippen LogP contribution in [0.1, 0.15) is 23.0 Å². The topological polar surface area (TPSA) is 65.2 Å². The predicted molar refractivity (Wildman–Crippen MR) is 61.5 cm³/mol. The van der Waals surface area contributed by atoms with Crippen molar-refractivity contribution in [2.45, 2.75) is 18.5 Å². The maximum absolute atomic E-state index is 12.4. The molecule has 1 unspecified atom stereocenters. The van der Waals surface area contributed by atoms with Crippen molar-refractivity contribution in [2.24, 2.45) is 5.73 Å². The lowest BCUT2D eigenvalue weighted by molar-refractivity contribution is -0.0888. The molecule has 0 bridgehead atoms. The normalized spacial score (nSPS) is 22.0. The molecule has 8 heteroatoms. The number of ketones is 1. The van der Waals surface area contributed by atoms with E-state index in [1.54, 1.807) is 6.92 Å². The van der Waals surface area contributed by atoms with Crippen molar-refractivity contribution >= 4 is 17.4 Å². The number of carbonyl (C=O) groups is 1. The summed E-state index contributed by atoms with van der Waals surface area (Å²) in [6.45, 7) is 2.06. The van der Waals surface area contributed by atoms with Gasteiger partial charge in [0.15, 0.2) is 10.9 Å². The Labute approximate surface area is 111 Å². The maximum Gasteiger partial charge on any atom is 0.456 e. The highest BCUT2D eigenvalue weighted by atomic mass is 35.5. The highest BCUT2D eigenvalue weighted by Crippen LogP contribution is 2.42. The zero-order chi connectivity index (χ0) is 14.4. The van der Waals surface area contributed by atoms with Crippen LogP contribution in [0.4, 0.5) is 13.2 Å². The standard InChI is InChI=1S/C11H10ClF3N2O2/c1-10(3-16)4-19-7-5(10)2-6(17-9(7)12)8(18)11(13,14)15/h2H,3-4,16H2,1H3. The molecule has 1 atom stereocenters. The fourth-order valence-electron chi connectivity index (χ4n) is 1.83. The lowest BCUT2D eigenvalue weighted by Crippen LogP contribution is -2.33. The summed E-state index contributed by atoms with van der Waals surface area (Å²) in [4.78, 5) is 14.6. The molecule has 19 heavy (non-hydrogen) atoms. The number of aromatic nitrogens is 1. The largest absolute Gasteiger partial charge is 0.489 e. The minimum absolute atomic E-state index is 0.153. The first kappa shape index (κ1) is 14.1. The molecule has 0 saturated carbocycles. The van der Waals surface area contributed by atoms with E-state index in [0.29, 0.717) is 5.56 Å². The van der Waals surface area contributed by atoms with Crippen LogP contribution in [-0.2, 0) is 5.41 Å². The Morgan fingerprint density at radius 2 is 2.26 bits per heavy atom. The number of halogens is 4. The van der Waals surface area contributed by atoms with Crippen LogP contribution >= 0.6 is 11.6 Å². The summed E-state index contributed by atoms with van der Waals surface area (Å²) in [5.74, 6) is -1.85. The number of nitrogens with zero attached hydrogens (tertiary/aromatic N) is 1. The van der Waals surface area contributed by atoms with Gasteiger partial charge in [0, 0.05) is 17.5 Å². The molecule has 1 aliphatic rings. The van der Waals surface area contributed by atoms with E-state index in [0.717, 1.165) is 6.07 Å². The number of hydrogen-bond donors (Lipinski definition) is 1. The van der Waals surface area contributed by atoms with E-state index in [9.17, 15) is 18.0 Å². The Balaban J connectivity index is 2.55. The van der Waals surface area contributed by atoms with Crippen molar-refractivity contribution in [3.05, 3.63) is 22.5 Å². The van der Waals surface area contributed by atoms with Gasteiger partial charge in [0.1, 0.15) is 5.69 Å². The van der Waals surface area contributed by atoms with Crippen LogP contribution in [0.15, 0.2) is 6.07 Å². The van der Waals surface area contributed by atoms with Crippen LogP contribution in [0.2, 0.25) is 5.15 Å². The summed E-state index contributed by atoms with van der Waals surface area (Å²) in [6, 6.07) is 1.05. The van der Waals surface area contributed by atoms with Crippen LogP contribution in [0.25, 0.3) is 0 Å². The first-order chi connectivity index (χ1) is 8.69. The van der Waals surface area contributed by atoms with Crippen LogP contribution in [0.3, 0.4) is 0 Å². The third kappa shape index (κ3) is 2.28. The summed E-state index contributed by atoms with van der Waals surface area (Å²) in [7, 11) is 0. The molecule has 1 aromatic rings. The molecule has 104 valence electrons. The van der Waals surface area contributed by atoms with Gasteiger partial charge in [0.2, 0.25) is 0 Å². The summed E-state index contributed by atoms with van der Waals surface area (Å²) < 4.78 is 42.5. The molecule has 2 rings (SSSR count). The summed E-state index contributed by atoms with van der Waals surface area (Å²) in [5, 5.41) is -0.262. The second-order valence-electron chi connectivity index (χ2n) is 4.56. The summed E-state index contributed by atoms with van der Waals surface area (Å²) >= 11 is 5.76. The first-order valence-corrected chi connectivity index (χ1v) is 5.72. The quantitative estimate of drug-likeness (QED) is 0.670. The van der Waals surface area contributed by atoms with Crippen molar-refractivity contribution in [3.8, 4) is 5.75 Å². The van der Waals surface area contributed by atoms with Crippen molar-refractivity contribution in [1.82, 2.24) is 4.98 Å². The Bertz CT molecular complexity index is 547. The molecule has 4 nitrogen and oxygen atoms in total. The number of carbonyl (C=O) groups excluding carboxylic acids is 1. The van der Waals surface area contributed by atoms with Crippen LogP contribution in [0.5, 0.6) is 5.75 Å². The number of fused-ring (bicyclic) bond motifs is 1. The molecule has 0 spiro atoms. The van der Waals surface area contributed by atoms with Gasteiger partial charge in [-0.1, -0.05) is 18.5 Å². The van der Waals surface area contributed by atoms with E-state index in [1.807, 2.05) is 0 Å². The minimum atomic E-state index is -5.00. The number of alkyl halides is 3. The monoisotopic (exact) mass is 294 g/mol.